The molecule has 0 saturated heterocycles. The summed E-state index contributed by atoms with van der Waals surface area (Å²) < 4.78 is 1.60. The van der Waals surface area contributed by atoms with Crippen molar-refractivity contribution in [1.82, 2.24) is 9.55 Å². The molecule has 2 aromatic heterocycles. The molecular formula is C27H21N3O5. The summed E-state index contributed by atoms with van der Waals surface area (Å²) in [5.74, 6) is -2.15. The normalized spacial score (nSPS) is 9.91. The number of hydrogen-bond donors (Lipinski definition) is 2. The number of para-hydroxylation sites is 1. The highest BCUT2D eigenvalue weighted by Crippen LogP contribution is 2.26. The summed E-state index contributed by atoms with van der Waals surface area (Å²) in [4.78, 5) is 36.9. The van der Waals surface area contributed by atoms with E-state index in [-0.39, 0.29) is 18.4 Å². The van der Waals surface area contributed by atoms with Crippen LogP contribution >= 0.6 is 0 Å². The minimum atomic E-state index is -1.08. The summed E-state index contributed by atoms with van der Waals surface area (Å²) >= 11 is 0. The van der Waals surface area contributed by atoms with Gasteiger partial charge in [0.1, 0.15) is 0 Å². The highest BCUT2D eigenvalue weighted by atomic mass is 16.4. The molecule has 0 radical (unpaired) electrons. The maximum Gasteiger partial charge on any atom is 0.303 e. The molecule has 8 nitrogen and oxygen atoms in total. The van der Waals surface area contributed by atoms with E-state index in [0.717, 1.165) is 16.9 Å². The molecule has 0 fully saturated rings. The van der Waals surface area contributed by atoms with Gasteiger partial charge in [0, 0.05) is 34.8 Å². The van der Waals surface area contributed by atoms with Crippen LogP contribution in [0.25, 0.3) is 28.1 Å². The SMILES string of the molecule is N#Cc1ccccc1-c1cc(-c2ccccn2)cn(-c2ccccc2)c1=O.O=C(O)CCC(=O)O. The molecule has 0 aliphatic rings. The molecule has 0 atom stereocenters. The first-order chi connectivity index (χ1) is 16.9. The van der Waals surface area contributed by atoms with Crippen molar-refractivity contribution in [2.45, 2.75) is 12.8 Å². The van der Waals surface area contributed by atoms with Crippen LogP contribution < -0.4 is 5.56 Å². The molecule has 0 saturated carbocycles. The summed E-state index contributed by atoms with van der Waals surface area (Å²) in [5, 5.41) is 25.3. The summed E-state index contributed by atoms with van der Waals surface area (Å²) in [6, 6.07) is 26.2. The van der Waals surface area contributed by atoms with Crippen LogP contribution in [-0.4, -0.2) is 31.7 Å². The number of rotatable bonds is 6. The van der Waals surface area contributed by atoms with E-state index in [9.17, 15) is 19.6 Å². The van der Waals surface area contributed by atoms with E-state index in [1.165, 1.54) is 0 Å². The number of carbonyl (C=O) groups is 2. The Morgan fingerprint density at radius 3 is 2.09 bits per heavy atom. The molecule has 174 valence electrons. The minimum Gasteiger partial charge on any atom is -0.481 e. The van der Waals surface area contributed by atoms with Crippen molar-refractivity contribution in [2.75, 3.05) is 0 Å². The van der Waals surface area contributed by atoms with E-state index < -0.39 is 11.9 Å². The van der Waals surface area contributed by atoms with Gasteiger partial charge >= 0.3 is 11.9 Å². The van der Waals surface area contributed by atoms with Gasteiger partial charge in [0.05, 0.1) is 30.2 Å². The Bertz CT molecular complexity index is 1410. The molecule has 0 unspecified atom stereocenters. The van der Waals surface area contributed by atoms with Gasteiger partial charge in [-0.1, -0.05) is 42.5 Å². The first-order valence-corrected chi connectivity index (χ1v) is 10.6. The highest BCUT2D eigenvalue weighted by Gasteiger charge is 2.14. The molecule has 0 bridgehead atoms. The molecule has 2 aromatic carbocycles. The fourth-order valence-corrected chi connectivity index (χ4v) is 3.26. The van der Waals surface area contributed by atoms with Gasteiger partial charge in [-0.2, -0.15) is 5.26 Å². The fourth-order valence-electron chi connectivity index (χ4n) is 3.26. The third-order valence-corrected chi connectivity index (χ3v) is 4.90. The van der Waals surface area contributed by atoms with E-state index in [0.29, 0.717) is 16.7 Å². The molecule has 35 heavy (non-hydrogen) atoms. The third-order valence-electron chi connectivity index (χ3n) is 4.90. The summed E-state index contributed by atoms with van der Waals surface area (Å²) in [5.41, 5.74) is 3.71. The van der Waals surface area contributed by atoms with Gasteiger partial charge in [-0.25, -0.2) is 0 Å². The number of benzene rings is 2. The lowest BCUT2D eigenvalue weighted by atomic mass is 9.99. The Labute approximate surface area is 201 Å². The molecule has 0 aliphatic heterocycles. The summed E-state index contributed by atoms with van der Waals surface area (Å²) in [7, 11) is 0. The van der Waals surface area contributed by atoms with E-state index in [2.05, 4.69) is 11.1 Å². The average molecular weight is 467 g/mol. The topological polar surface area (TPSA) is 133 Å². The third kappa shape index (κ3) is 6.49. The van der Waals surface area contributed by atoms with Gasteiger partial charge < -0.3 is 10.2 Å². The van der Waals surface area contributed by atoms with Crippen molar-refractivity contribution in [1.29, 1.82) is 5.26 Å². The Balaban J connectivity index is 0.000000371. The second-order valence-electron chi connectivity index (χ2n) is 7.31. The number of nitriles is 1. The van der Waals surface area contributed by atoms with Gasteiger partial charge in [-0.05, 0) is 36.4 Å². The quantitative estimate of drug-likeness (QED) is 0.430. The maximum absolute atomic E-state index is 13.3. The Hall–Kier alpha value is -5.03. The Morgan fingerprint density at radius 2 is 1.49 bits per heavy atom. The summed E-state index contributed by atoms with van der Waals surface area (Å²) in [6.07, 6.45) is 2.92. The fraction of sp³-hybridized carbons (Fsp3) is 0.0741. The lowest BCUT2D eigenvalue weighted by Crippen LogP contribution is -2.20. The molecule has 0 amide bonds. The predicted molar refractivity (Wildman–Crippen MR) is 130 cm³/mol. The standard InChI is InChI=1S/C23H15N3O.C4H6O4/c24-15-17-8-4-5-11-20(17)21-14-18(22-12-6-7-13-25-22)16-26(23(21)27)19-9-2-1-3-10-19;5-3(6)1-2-4(7)8/h1-14,16H;1-2H2,(H,5,6)(H,7,8). The molecular weight excluding hydrogens is 446 g/mol. The van der Waals surface area contributed by atoms with Crippen LogP contribution in [-0.2, 0) is 9.59 Å². The van der Waals surface area contributed by atoms with E-state index in [1.807, 2.05) is 54.6 Å². The smallest absolute Gasteiger partial charge is 0.303 e. The van der Waals surface area contributed by atoms with Crippen molar-refractivity contribution >= 4 is 11.9 Å². The number of nitrogens with zero attached hydrogens (tertiary/aromatic N) is 3. The van der Waals surface area contributed by atoms with Crippen molar-refractivity contribution in [2.24, 2.45) is 0 Å². The van der Waals surface area contributed by atoms with Crippen molar-refractivity contribution in [3.05, 3.63) is 107 Å². The van der Waals surface area contributed by atoms with Crippen LogP contribution in [0.15, 0.2) is 96.1 Å². The lowest BCUT2D eigenvalue weighted by Gasteiger charge is -2.13. The maximum atomic E-state index is 13.3. The number of hydrogen-bond acceptors (Lipinski definition) is 5. The first-order valence-electron chi connectivity index (χ1n) is 10.6. The van der Waals surface area contributed by atoms with Gasteiger partial charge in [0.25, 0.3) is 5.56 Å². The van der Waals surface area contributed by atoms with Crippen molar-refractivity contribution in [3.63, 3.8) is 0 Å². The van der Waals surface area contributed by atoms with E-state index in [4.69, 9.17) is 10.2 Å². The van der Waals surface area contributed by atoms with Crippen LogP contribution in [0.4, 0.5) is 0 Å². The van der Waals surface area contributed by atoms with Gasteiger partial charge in [-0.3, -0.25) is 23.9 Å². The minimum absolute atomic E-state index is 0.177. The number of carboxylic acids is 2. The number of carboxylic acid groups (broad SMARTS) is 2. The van der Waals surface area contributed by atoms with Crippen LogP contribution in [0, 0.1) is 11.3 Å². The molecule has 4 rings (SSSR count). The number of aliphatic carboxylic acids is 2. The zero-order valence-electron chi connectivity index (χ0n) is 18.5. The van der Waals surface area contributed by atoms with Crippen LogP contribution in [0.5, 0.6) is 0 Å². The number of pyridine rings is 2. The second kappa shape index (κ2) is 11.7. The molecule has 4 aromatic rings. The van der Waals surface area contributed by atoms with Crippen LogP contribution in [0.1, 0.15) is 18.4 Å². The monoisotopic (exact) mass is 467 g/mol. The van der Waals surface area contributed by atoms with Gasteiger partial charge in [0.2, 0.25) is 0 Å². The van der Waals surface area contributed by atoms with Gasteiger partial charge in [-0.15, -0.1) is 0 Å². The molecule has 0 spiro atoms. The Kier molecular flexibility index (Phi) is 8.24. The zero-order chi connectivity index (χ0) is 25.2. The second-order valence-corrected chi connectivity index (χ2v) is 7.31. The molecule has 2 heterocycles. The molecule has 8 heteroatoms. The number of aromatic nitrogens is 2. The lowest BCUT2D eigenvalue weighted by molar-refractivity contribution is -0.143. The van der Waals surface area contributed by atoms with Crippen LogP contribution in [0.2, 0.25) is 0 Å². The first kappa shape index (κ1) is 24.6. The van der Waals surface area contributed by atoms with Gasteiger partial charge in [0.15, 0.2) is 0 Å². The van der Waals surface area contributed by atoms with Crippen molar-refractivity contribution < 1.29 is 19.8 Å². The zero-order valence-corrected chi connectivity index (χ0v) is 18.5. The summed E-state index contributed by atoms with van der Waals surface area (Å²) in [6.45, 7) is 0. The molecule has 2 N–H and O–H groups in total. The average Bonchev–Trinajstić information content (AvgIpc) is 2.89. The predicted octanol–water partition coefficient (Wildman–Crippen LogP) is 4.37. The highest BCUT2D eigenvalue weighted by molar-refractivity contribution is 5.75. The van der Waals surface area contributed by atoms with Crippen LogP contribution in [0.3, 0.4) is 0 Å². The van der Waals surface area contributed by atoms with E-state index >= 15 is 0 Å². The molecule has 0 aliphatic carbocycles. The van der Waals surface area contributed by atoms with Crippen molar-refractivity contribution in [3.8, 4) is 34.1 Å². The largest absolute Gasteiger partial charge is 0.481 e. The Morgan fingerprint density at radius 1 is 0.857 bits per heavy atom. The van der Waals surface area contributed by atoms with E-state index in [1.54, 1.807) is 41.2 Å².